The highest BCUT2D eigenvalue weighted by atomic mass is 15.1. The second-order valence-electron chi connectivity index (χ2n) is 4.90. The Balaban J connectivity index is 1.70. The van der Waals surface area contributed by atoms with Crippen LogP contribution in [0.1, 0.15) is 18.5 Å². The maximum Gasteiger partial charge on any atom is 0.0945 e. The molecule has 4 heteroatoms. The molecule has 1 aromatic heterocycles. The third-order valence-electron chi connectivity index (χ3n) is 3.38. The first-order chi connectivity index (χ1) is 7.75. The molecule has 4 nitrogen and oxygen atoms in total. The molecule has 0 aliphatic carbocycles. The van der Waals surface area contributed by atoms with Crippen molar-refractivity contribution in [3.63, 3.8) is 0 Å². The minimum Gasteiger partial charge on any atom is -0.337 e. The van der Waals surface area contributed by atoms with Crippen molar-refractivity contribution in [1.29, 1.82) is 0 Å². The Morgan fingerprint density at radius 3 is 3.06 bits per heavy atom. The molecule has 0 saturated carbocycles. The minimum absolute atomic E-state index is 0.812. The lowest BCUT2D eigenvalue weighted by Crippen LogP contribution is -2.37. The van der Waals surface area contributed by atoms with Gasteiger partial charge in [-0.25, -0.2) is 4.98 Å². The van der Waals surface area contributed by atoms with E-state index in [1.807, 2.05) is 19.6 Å². The van der Waals surface area contributed by atoms with Gasteiger partial charge in [-0.05, 0) is 38.9 Å². The van der Waals surface area contributed by atoms with Crippen molar-refractivity contribution in [3.8, 4) is 0 Å². The smallest absolute Gasteiger partial charge is 0.0945 e. The minimum atomic E-state index is 0.812. The van der Waals surface area contributed by atoms with Gasteiger partial charge in [0.2, 0.25) is 0 Å². The standard InChI is InChI=1S/C12H22N4/c1-15-5-3-4-11(9-15)6-13-7-12-8-14-10-16(12)2/h8,10-11,13H,3-7,9H2,1-2H3. The first-order valence-electron chi connectivity index (χ1n) is 6.10. The van der Waals surface area contributed by atoms with Gasteiger partial charge in [-0.15, -0.1) is 0 Å². The van der Waals surface area contributed by atoms with Gasteiger partial charge >= 0.3 is 0 Å². The van der Waals surface area contributed by atoms with Crippen molar-refractivity contribution >= 4 is 0 Å². The first-order valence-corrected chi connectivity index (χ1v) is 6.10. The second kappa shape index (κ2) is 5.46. The Hall–Kier alpha value is -0.870. The number of imidazole rings is 1. The van der Waals surface area contributed by atoms with E-state index in [4.69, 9.17) is 0 Å². The number of nitrogens with one attached hydrogen (secondary N) is 1. The third-order valence-corrected chi connectivity index (χ3v) is 3.38. The van der Waals surface area contributed by atoms with E-state index in [0.717, 1.165) is 19.0 Å². The van der Waals surface area contributed by atoms with E-state index >= 15 is 0 Å². The van der Waals surface area contributed by atoms with Crippen LogP contribution in [-0.2, 0) is 13.6 Å². The summed E-state index contributed by atoms with van der Waals surface area (Å²) in [4.78, 5) is 6.54. The zero-order valence-electron chi connectivity index (χ0n) is 10.3. The van der Waals surface area contributed by atoms with Gasteiger partial charge in [-0.1, -0.05) is 0 Å². The monoisotopic (exact) mass is 222 g/mol. The van der Waals surface area contributed by atoms with Gasteiger partial charge in [0.05, 0.1) is 12.0 Å². The number of hydrogen-bond donors (Lipinski definition) is 1. The highest BCUT2D eigenvalue weighted by molar-refractivity contribution is 4.96. The topological polar surface area (TPSA) is 33.1 Å². The van der Waals surface area contributed by atoms with E-state index in [1.165, 1.54) is 31.6 Å². The quantitative estimate of drug-likeness (QED) is 0.820. The van der Waals surface area contributed by atoms with Crippen LogP contribution in [0.2, 0.25) is 0 Å². The van der Waals surface area contributed by atoms with E-state index in [2.05, 4.69) is 26.8 Å². The maximum absolute atomic E-state index is 4.11. The lowest BCUT2D eigenvalue weighted by Gasteiger charge is -2.29. The summed E-state index contributed by atoms with van der Waals surface area (Å²) in [5.74, 6) is 0.812. The highest BCUT2D eigenvalue weighted by Crippen LogP contribution is 2.13. The molecule has 1 aromatic rings. The van der Waals surface area contributed by atoms with Gasteiger partial charge < -0.3 is 14.8 Å². The summed E-state index contributed by atoms with van der Waals surface area (Å²) in [5.41, 5.74) is 1.25. The van der Waals surface area contributed by atoms with Crippen molar-refractivity contribution in [3.05, 3.63) is 18.2 Å². The third kappa shape index (κ3) is 3.06. The van der Waals surface area contributed by atoms with Crippen LogP contribution in [0.3, 0.4) is 0 Å². The SMILES string of the molecule is CN1CCCC(CNCc2cncn2C)C1. The largest absolute Gasteiger partial charge is 0.337 e. The molecule has 0 radical (unpaired) electrons. The highest BCUT2D eigenvalue weighted by Gasteiger charge is 2.16. The van der Waals surface area contributed by atoms with Gasteiger partial charge in [0, 0.05) is 26.3 Å². The molecule has 1 aliphatic heterocycles. The van der Waals surface area contributed by atoms with Crippen LogP contribution < -0.4 is 5.32 Å². The molecule has 1 atom stereocenters. The molecule has 1 saturated heterocycles. The van der Waals surface area contributed by atoms with Crippen LogP contribution in [0, 0.1) is 5.92 Å². The predicted octanol–water partition coefficient (Wildman–Crippen LogP) is 0.851. The van der Waals surface area contributed by atoms with E-state index < -0.39 is 0 Å². The number of likely N-dealkylation sites (tertiary alicyclic amines) is 1. The zero-order valence-corrected chi connectivity index (χ0v) is 10.3. The molecule has 2 rings (SSSR count). The van der Waals surface area contributed by atoms with Gasteiger partial charge in [0.25, 0.3) is 0 Å². The normalized spacial score (nSPS) is 22.5. The van der Waals surface area contributed by atoms with Crippen molar-refractivity contribution in [2.24, 2.45) is 13.0 Å². The predicted molar refractivity (Wildman–Crippen MR) is 65.1 cm³/mol. The number of nitrogens with zero attached hydrogens (tertiary/aromatic N) is 3. The molecule has 0 aromatic carbocycles. The molecule has 0 bridgehead atoms. The molecule has 0 spiro atoms. The summed E-state index contributed by atoms with van der Waals surface area (Å²) >= 11 is 0. The number of hydrogen-bond acceptors (Lipinski definition) is 3. The fraction of sp³-hybridized carbons (Fsp3) is 0.750. The molecule has 2 heterocycles. The average Bonchev–Trinajstić information content (AvgIpc) is 2.65. The summed E-state index contributed by atoms with van der Waals surface area (Å²) in [6.07, 6.45) is 6.49. The molecular weight excluding hydrogens is 200 g/mol. The van der Waals surface area contributed by atoms with Crippen LogP contribution >= 0.6 is 0 Å². The van der Waals surface area contributed by atoms with Crippen molar-refractivity contribution in [1.82, 2.24) is 19.8 Å². The van der Waals surface area contributed by atoms with E-state index in [9.17, 15) is 0 Å². The number of piperidine rings is 1. The van der Waals surface area contributed by atoms with Crippen molar-refractivity contribution in [2.45, 2.75) is 19.4 Å². The van der Waals surface area contributed by atoms with Gasteiger partial charge in [0.15, 0.2) is 0 Å². The summed E-state index contributed by atoms with van der Waals surface area (Å²) in [6.45, 7) is 4.54. The van der Waals surface area contributed by atoms with Crippen LogP contribution in [0.15, 0.2) is 12.5 Å². The maximum atomic E-state index is 4.11. The second-order valence-corrected chi connectivity index (χ2v) is 4.90. The van der Waals surface area contributed by atoms with Crippen LogP contribution in [0.4, 0.5) is 0 Å². The average molecular weight is 222 g/mol. The summed E-state index contributed by atoms with van der Waals surface area (Å²) in [6, 6.07) is 0. The molecule has 1 unspecified atom stereocenters. The Morgan fingerprint density at radius 2 is 2.38 bits per heavy atom. The van der Waals surface area contributed by atoms with Gasteiger partial charge in [-0.2, -0.15) is 0 Å². The van der Waals surface area contributed by atoms with Gasteiger partial charge in [-0.3, -0.25) is 0 Å². The fourth-order valence-corrected chi connectivity index (χ4v) is 2.40. The van der Waals surface area contributed by atoms with Crippen molar-refractivity contribution < 1.29 is 0 Å². The van der Waals surface area contributed by atoms with Crippen LogP contribution in [0.25, 0.3) is 0 Å². The van der Waals surface area contributed by atoms with E-state index in [-0.39, 0.29) is 0 Å². The molecule has 1 fully saturated rings. The van der Waals surface area contributed by atoms with Crippen molar-refractivity contribution in [2.75, 3.05) is 26.7 Å². The van der Waals surface area contributed by atoms with E-state index in [1.54, 1.807) is 0 Å². The van der Waals surface area contributed by atoms with Gasteiger partial charge in [0.1, 0.15) is 0 Å². The first kappa shape index (κ1) is 11.6. The Bertz CT molecular complexity index is 321. The van der Waals surface area contributed by atoms with Crippen LogP contribution in [0.5, 0.6) is 0 Å². The summed E-state index contributed by atoms with van der Waals surface area (Å²) in [5, 5.41) is 3.53. The molecular formula is C12H22N4. The van der Waals surface area contributed by atoms with Crippen LogP contribution in [-0.4, -0.2) is 41.1 Å². The Morgan fingerprint density at radius 1 is 1.50 bits per heavy atom. The van der Waals surface area contributed by atoms with E-state index in [0.29, 0.717) is 0 Å². The molecule has 0 amide bonds. The summed E-state index contributed by atoms with van der Waals surface area (Å²) in [7, 11) is 4.26. The molecule has 1 aliphatic rings. The zero-order chi connectivity index (χ0) is 11.4. The molecule has 1 N–H and O–H groups in total. The Kier molecular flexibility index (Phi) is 3.96. The lowest BCUT2D eigenvalue weighted by molar-refractivity contribution is 0.206. The lowest BCUT2D eigenvalue weighted by atomic mass is 9.98. The summed E-state index contributed by atoms with van der Waals surface area (Å²) < 4.78 is 2.07. The Labute approximate surface area is 97.7 Å². The number of rotatable bonds is 4. The number of aryl methyl sites for hydroxylation is 1. The fourth-order valence-electron chi connectivity index (χ4n) is 2.40. The number of aromatic nitrogens is 2. The molecule has 90 valence electrons. The molecule has 16 heavy (non-hydrogen) atoms.